The standard InChI is InChI=1S/C17H21FN4OS/c18-15-9-19-17(21-16(15)12-4-8-24-11-12)20-13-1-5-22(6-2-13)14-3-7-23-10-14/h4,8-9,11,13-14H,1-3,5-7,10H2,(H,19,20,21). The lowest BCUT2D eigenvalue weighted by Crippen LogP contribution is -2.45. The predicted octanol–water partition coefficient (Wildman–Crippen LogP) is 3.01. The largest absolute Gasteiger partial charge is 0.380 e. The molecular weight excluding hydrogens is 327 g/mol. The van der Waals surface area contributed by atoms with Crippen LogP contribution in [0.1, 0.15) is 19.3 Å². The van der Waals surface area contributed by atoms with Crippen molar-refractivity contribution in [3.63, 3.8) is 0 Å². The van der Waals surface area contributed by atoms with Crippen molar-refractivity contribution >= 4 is 17.3 Å². The molecule has 128 valence electrons. The molecule has 2 fully saturated rings. The van der Waals surface area contributed by atoms with Crippen LogP contribution in [-0.4, -0.2) is 53.3 Å². The number of ether oxygens (including phenoxy) is 1. The van der Waals surface area contributed by atoms with Crippen LogP contribution < -0.4 is 5.32 Å². The molecule has 0 radical (unpaired) electrons. The van der Waals surface area contributed by atoms with Gasteiger partial charge in [0.2, 0.25) is 5.95 Å². The molecule has 1 atom stereocenters. The van der Waals surface area contributed by atoms with E-state index < -0.39 is 0 Å². The second kappa shape index (κ2) is 7.13. The van der Waals surface area contributed by atoms with Crippen LogP contribution in [0.3, 0.4) is 0 Å². The average Bonchev–Trinajstić information content (AvgIpc) is 3.31. The summed E-state index contributed by atoms with van der Waals surface area (Å²) < 4.78 is 19.4. The van der Waals surface area contributed by atoms with Crippen LogP contribution in [0.4, 0.5) is 10.3 Å². The van der Waals surface area contributed by atoms with Crippen LogP contribution >= 0.6 is 11.3 Å². The van der Waals surface area contributed by atoms with Crippen molar-refractivity contribution in [1.29, 1.82) is 0 Å². The van der Waals surface area contributed by atoms with E-state index in [0.29, 0.717) is 23.7 Å². The van der Waals surface area contributed by atoms with Crippen molar-refractivity contribution in [2.45, 2.75) is 31.3 Å². The number of halogens is 1. The first-order valence-electron chi connectivity index (χ1n) is 8.43. The van der Waals surface area contributed by atoms with E-state index in [-0.39, 0.29) is 5.82 Å². The van der Waals surface area contributed by atoms with Crippen molar-refractivity contribution in [3.8, 4) is 11.3 Å². The lowest BCUT2D eigenvalue weighted by Gasteiger charge is -2.35. The molecule has 0 spiro atoms. The number of nitrogens with zero attached hydrogens (tertiary/aromatic N) is 3. The van der Waals surface area contributed by atoms with Crippen LogP contribution in [0.15, 0.2) is 23.0 Å². The summed E-state index contributed by atoms with van der Waals surface area (Å²) in [5.74, 6) is 0.134. The lowest BCUT2D eigenvalue weighted by molar-refractivity contribution is 0.124. The Labute approximate surface area is 144 Å². The van der Waals surface area contributed by atoms with Crippen LogP contribution in [0.5, 0.6) is 0 Å². The molecule has 2 aromatic rings. The highest BCUT2D eigenvalue weighted by atomic mass is 32.1. The van der Waals surface area contributed by atoms with Crippen LogP contribution in [0.25, 0.3) is 11.3 Å². The van der Waals surface area contributed by atoms with Gasteiger partial charge < -0.3 is 10.1 Å². The van der Waals surface area contributed by atoms with Gasteiger partial charge in [0.05, 0.1) is 12.8 Å². The number of rotatable bonds is 4. The van der Waals surface area contributed by atoms with E-state index in [4.69, 9.17) is 4.74 Å². The first-order chi connectivity index (χ1) is 11.8. The van der Waals surface area contributed by atoms with Gasteiger partial charge in [-0.2, -0.15) is 11.3 Å². The summed E-state index contributed by atoms with van der Waals surface area (Å²) in [7, 11) is 0. The minimum Gasteiger partial charge on any atom is -0.380 e. The van der Waals surface area contributed by atoms with Gasteiger partial charge in [0, 0.05) is 42.7 Å². The Hall–Kier alpha value is -1.57. The third-order valence-electron chi connectivity index (χ3n) is 4.82. The molecule has 0 aromatic carbocycles. The highest BCUT2D eigenvalue weighted by Crippen LogP contribution is 2.25. The first-order valence-corrected chi connectivity index (χ1v) is 9.37. The Morgan fingerprint density at radius 3 is 2.88 bits per heavy atom. The molecular formula is C17H21FN4OS. The Morgan fingerprint density at radius 2 is 2.17 bits per heavy atom. The Morgan fingerprint density at radius 1 is 1.29 bits per heavy atom. The molecule has 2 aromatic heterocycles. The number of anilines is 1. The summed E-state index contributed by atoms with van der Waals surface area (Å²) in [6.45, 7) is 3.87. The number of aromatic nitrogens is 2. The highest BCUT2D eigenvalue weighted by molar-refractivity contribution is 7.08. The van der Waals surface area contributed by atoms with E-state index in [1.165, 1.54) is 17.5 Å². The maximum atomic E-state index is 14.0. The summed E-state index contributed by atoms with van der Waals surface area (Å²) in [6, 6.07) is 2.80. The lowest BCUT2D eigenvalue weighted by atomic mass is 10.0. The summed E-state index contributed by atoms with van der Waals surface area (Å²) in [5, 5.41) is 7.20. The Bertz CT molecular complexity index is 667. The summed E-state index contributed by atoms with van der Waals surface area (Å²) in [6.07, 6.45) is 4.49. The third-order valence-corrected chi connectivity index (χ3v) is 5.51. The van der Waals surface area contributed by atoms with Gasteiger partial charge in [0.15, 0.2) is 5.82 Å². The molecule has 0 bridgehead atoms. The van der Waals surface area contributed by atoms with Crippen molar-refractivity contribution in [2.75, 3.05) is 31.6 Å². The maximum Gasteiger partial charge on any atom is 0.223 e. The van der Waals surface area contributed by atoms with Crippen LogP contribution in [0.2, 0.25) is 0 Å². The molecule has 0 aliphatic carbocycles. The second-order valence-corrected chi connectivity index (χ2v) is 7.15. The van der Waals surface area contributed by atoms with Crippen molar-refractivity contribution in [3.05, 3.63) is 28.8 Å². The fourth-order valence-corrected chi connectivity index (χ4v) is 4.08. The van der Waals surface area contributed by atoms with E-state index in [0.717, 1.165) is 51.1 Å². The zero-order valence-electron chi connectivity index (χ0n) is 13.4. The molecule has 24 heavy (non-hydrogen) atoms. The number of thiophene rings is 1. The Kier molecular flexibility index (Phi) is 4.73. The van der Waals surface area contributed by atoms with Gasteiger partial charge in [-0.1, -0.05) is 0 Å². The average molecular weight is 348 g/mol. The first kappa shape index (κ1) is 15.9. The molecule has 1 unspecified atom stereocenters. The fraction of sp³-hybridized carbons (Fsp3) is 0.529. The minimum atomic E-state index is -0.380. The van der Waals surface area contributed by atoms with Gasteiger partial charge in [-0.15, -0.1) is 0 Å². The fourth-order valence-electron chi connectivity index (χ4n) is 3.44. The number of piperidine rings is 1. The number of likely N-dealkylation sites (tertiary alicyclic amines) is 1. The van der Waals surface area contributed by atoms with Gasteiger partial charge >= 0.3 is 0 Å². The summed E-state index contributed by atoms with van der Waals surface area (Å²) >= 11 is 1.53. The highest BCUT2D eigenvalue weighted by Gasteiger charge is 2.28. The van der Waals surface area contributed by atoms with Crippen LogP contribution in [0, 0.1) is 5.82 Å². The van der Waals surface area contributed by atoms with E-state index in [9.17, 15) is 4.39 Å². The normalized spacial score (nSPS) is 22.8. The smallest absolute Gasteiger partial charge is 0.223 e. The molecule has 2 aliphatic heterocycles. The third kappa shape index (κ3) is 3.43. The van der Waals surface area contributed by atoms with Gasteiger partial charge in [-0.25, -0.2) is 14.4 Å². The van der Waals surface area contributed by atoms with Crippen LogP contribution in [-0.2, 0) is 4.74 Å². The number of hydrogen-bond donors (Lipinski definition) is 1. The van der Waals surface area contributed by atoms with Gasteiger partial charge in [-0.3, -0.25) is 4.90 Å². The maximum absolute atomic E-state index is 14.0. The molecule has 1 N–H and O–H groups in total. The minimum absolute atomic E-state index is 0.337. The number of hydrogen-bond acceptors (Lipinski definition) is 6. The monoisotopic (exact) mass is 348 g/mol. The molecule has 2 aliphatic rings. The predicted molar refractivity (Wildman–Crippen MR) is 92.7 cm³/mol. The van der Waals surface area contributed by atoms with E-state index >= 15 is 0 Å². The molecule has 5 nitrogen and oxygen atoms in total. The van der Waals surface area contributed by atoms with Crippen molar-refractivity contribution in [1.82, 2.24) is 14.9 Å². The van der Waals surface area contributed by atoms with Gasteiger partial charge in [0.1, 0.15) is 5.69 Å². The summed E-state index contributed by atoms with van der Waals surface area (Å²) in [4.78, 5) is 11.0. The zero-order chi connectivity index (χ0) is 16.4. The Balaban J connectivity index is 1.38. The van der Waals surface area contributed by atoms with Gasteiger partial charge in [-0.05, 0) is 30.7 Å². The molecule has 0 amide bonds. The second-order valence-electron chi connectivity index (χ2n) is 6.37. The number of nitrogens with one attached hydrogen (secondary N) is 1. The van der Waals surface area contributed by atoms with E-state index in [2.05, 4.69) is 20.2 Å². The molecule has 2 saturated heterocycles. The van der Waals surface area contributed by atoms with Gasteiger partial charge in [0.25, 0.3) is 0 Å². The van der Waals surface area contributed by atoms with Crippen molar-refractivity contribution < 1.29 is 9.13 Å². The SMILES string of the molecule is Fc1cnc(NC2CCN(C3CCOC3)CC2)nc1-c1ccsc1. The van der Waals surface area contributed by atoms with E-state index in [1.807, 2.05) is 16.8 Å². The quantitative estimate of drug-likeness (QED) is 0.920. The molecule has 4 heterocycles. The zero-order valence-corrected chi connectivity index (χ0v) is 14.3. The molecule has 7 heteroatoms. The molecule has 0 saturated carbocycles. The molecule has 4 rings (SSSR count). The topological polar surface area (TPSA) is 50.3 Å². The van der Waals surface area contributed by atoms with Crippen molar-refractivity contribution in [2.24, 2.45) is 0 Å². The summed E-state index contributed by atoms with van der Waals surface area (Å²) in [5.41, 5.74) is 1.17. The van der Waals surface area contributed by atoms with E-state index in [1.54, 1.807) is 0 Å².